The van der Waals surface area contributed by atoms with Crippen LogP contribution >= 0.6 is 0 Å². The molecule has 0 aromatic rings. The number of nitrogens with zero attached hydrogens (tertiary/aromatic N) is 5. The maximum absolute atomic E-state index is 12.4. The molecule has 9 heteroatoms. The molecule has 0 aromatic heterocycles. The lowest BCUT2D eigenvalue weighted by Gasteiger charge is -2.37. The summed E-state index contributed by atoms with van der Waals surface area (Å²) in [6, 6.07) is 0. The highest BCUT2D eigenvalue weighted by molar-refractivity contribution is 5.85. The van der Waals surface area contributed by atoms with Gasteiger partial charge in [0.1, 0.15) is 6.54 Å². The number of hydrogen-bond donors (Lipinski definition) is 1. The smallest absolute Gasteiger partial charge is 0.243 e. The monoisotopic (exact) mass is 396 g/mol. The van der Waals surface area contributed by atoms with Gasteiger partial charge in [0.25, 0.3) is 0 Å². The molecule has 0 bridgehead atoms. The number of rotatable bonds is 6. The minimum atomic E-state index is -0.0152. The van der Waals surface area contributed by atoms with Gasteiger partial charge in [0, 0.05) is 59.9 Å². The van der Waals surface area contributed by atoms with Crippen molar-refractivity contribution in [1.82, 2.24) is 24.9 Å². The molecule has 2 amide bonds. The molecule has 2 rings (SSSR count). The van der Waals surface area contributed by atoms with Gasteiger partial charge in [0.15, 0.2) is 5.96 Å². The molecule has 2 fully saturated rings. The van der Waals surface area contributed by atoms with Gasteiger partial charge in [0.05, 0.1) is 19.8 Å². The average molecular weight is 397 g/mol. The van der Waals surface area contributed by atoms with Gasteiger partial charge >= 0.3 is 0 Å². The second kappa shape index (κ2) is 11.2. The Morgan fingerprint density at radius 1 is 1.04 bits per heavy atom. The molecular weight excluding hydrogens is 360 g/mol. The third-order valence-corrected chi connectivity index (χ3v) is 4.93. The van der Waals surface area contributed by atoms with Crippen molar-refractivity contribution in [2.24, 2.45) is 10.9 Å². The number of hydrogen-bond acceptors (Lipinski definition) is 5. The molecule has 2 aliphatic heterocycles. The summed E-state index contributed by atoms with van der Waals surface area (Å²) in [7, 11) is 3.48. The van der Waals surface area contributed by atoms with Crippen LogP contribution in [0.15, 0.2) is 4.99 Å². The zero-order valence-corrected chi connectivity index (χ0v) is 17.8. The molecule has 0 radical (unpaired) electrons. The summed E-state index contributed by atoms with van der Waals surface area (Å²) in [5.74, 6) is 1.43. The first kappa shape index (κ1) is 22.4. The number of morpholine rings is 1. The molecule has 0 unspecified atom stereocenters. The van der Waals surface area contributed by atoms with Gasteiger partial charge < -0.3 is 24.8 Å². The topological polar surface area (TPSA) is 80.7 Å². The zero-order valence-electron chi connectivity index (χ0n) is 17.8. The van der Waals surface area contributed by atoms with Crippen LogP contribution in [0.5, 0.6) is 0 Å². The van der Waals surface area contributed by atoms with E-state index in [-0.39, 0.29) is 18.4 Å². The van der Waals surface area contributed by atoms with E-state index in [1.807, 2.05) is 4.90 Å². The Hall–Kier alpha value is -1.87. The first-order valence-corrected chi connectivity index (χ1v) is 10.2. The molecule has 0 aliphatic carbocycles. The predicted octanol–water partition coefficient (Wildman–Crippen LogP) is -0.847. The van der Waals surface area contributed by atoms with Crippen LogP contribution in [0.3, 0.4) is 0 Å². The largest absolute Gasteiger partial charge is 0.378 e. The highest BCUT2D eigenvalue weighted by atomic mass is 16.5. The minimum absolute atomic E-state index is 0.0152. The van der Waals surface area contributed by atoms with Crippen LogP contribution in [0.1, 0.15) is 13.8 Å². The van der Waals surface area contributed by atoms with E-state index in [2.05, 4.69) is 34.0 Å². The van der Waals surface area contributed by atoms with Crippen LogP contribution in [0.4, 0.5) is 0 Å². The van der Waals surface area contributed by atoms with Crippen molar-refractivity contribution < 1.29 is 14.3 Å². The SMILES string of the molecule is CC(C)CNC(=NCC(=O)N(C)C)N1CCN(CC(=O)N2CCOCC2)CC1. The van der Waals surface area contributed by atoms with Gasteiger partial charge in [-0.25, -0.2) is 4.99 Å². The van der Waals surface area contributed by atoms with E-state index in [4.69, 9.17) is 4.74 Å². The maximum atomic E-state index is 12.4. The van der Waals surface area contributed by atoms with E-state index >= 15 is 0 Å². The number of likely N-dealkylation sites (N-methyl/N-ethyl adjacent to an activating group) is 1. The highest BCUT2D eigenvalue weighted by Gasteiger charge is 2.24. The summed E-state index contributed by atoms with van der Waals surface area (Å²) in [5.41, 5.74) is 0. The van der Waals surface area contributed by atoms with E-state index in [1.54, 1.807) is 19.0 Å². The fourth-order valence-electron chi connectivity index (χ4n) is 3.07. The zero-order chi connectivity index (χ0) is 20.5. The lowest BCUT2D eigenvalue weighted by atomic mass is 10.2. The van der Waals surface area contributed by atoms with Crippen LogP contribution < -0.4 is 5.32 Å². The number of nitrogens with one attached hydrogen (secondary N) is 1. The number of aliphatic imine (C=N–C) groups is 1. The number of carbonyl (C=O) groups excluding carboxylic acids is 2. The number of piperazine rings is 1. The summed E-state index contributed by atoms with van der Waals surface area (Å²) in [6.45, 7) is 11.5. The first-order chi connectivity index (χ1) is 13.4. The van der Waals surface area contributed by atoms with Gasteiger partial charge in [0.2, 0.25) is 11.8 Å². The van der Waals surface area contributed by atoms with Crippen molar-refractivity contribution in [1.29, 1.82) is 0 Å². The Bertz CT molecular complexity index is 538. The Kier molecular flexibility index (Phi) is 8.98. The third-order valence-electron chi connectivity index (χ3n) is 4.93. The molecule has 0 saturated carbocycles. The predicted molar refractivity (Wildman–Crippen MR) is 109 cm³/mol. The third kappa shape index (κ3) is 7.27. The maximum Gasteiger partial charge on any atom is 0.243 e. The van der Waals surface area contributed by atoms with Crippen LogP contribution in [-0.4, -0.2) is 124 Å². The fourth-order valence-corrected chi connectivity index (χ4v) is 3.07. The number of amides is 2. The second-order valence-electron chi connectivity index (χ2n) is 7.96. The van der Waals surface area contributed by atoms with E-state index in [0.717, 1.165) is 38.7 Å². The molecule has 0 atom stereocenters. The van der Waals surface area contributed by atoms with Crippen LogP contribution in [0.2, 0.25) is 0 Å². The second-order valence-corrected chi connectivity index (χ2v) is 7.96. The summed E-state index contributed by atoms with van der Waals surface area (Å²) in [4.78, 5) is 36.7. The van der Waals surface area contributed by atoms with Crippen molar-refractivity contribution >= 4 is 17.8 Å². The van der Waals surface area contributed by atoms with Gasteiger partial charge in [-0.05, 0) is 5.92 Å². The molecule has 2 aliphatic rings. The van der Waals surface area contributed by atoms with Crippen LogP contribution in [0.25, 0.3) is 0 Å². The lowest BCUT2D eigenvalue weighted by molar-refractivity contribution is -0.136. The van der Waals surface area contributed by atoms with Gasteiger partial charge in [-0.15, -0.1) is 0 Å². The molecular formula is C19H36N6O3. The standard InChI is InChI=1S/C19H36N6O3/c1-16(2)13-20-19(21-14-17(26)22(3)4)25-7-5-23(6-8-25)15-18(27)24-9-11-28-12-10-24/h16H,5-15H2,1-4H3,(H,20,21). The van der Waals surface area contributed by atoms with Crippen LogP contribution in [0, 0.1) is 5.92 Å². The van der Waals surface area contributed by atoms with Crippen molar-refractivity contribution in [3.05, 3.63) is 0 Å². The minimum Gasteiger partial charge on any atom is -0.378 e. The average Bonchev–Trinajstić information content (AvgIpc) is 2.69. The fraction of sp³-hybridized carbons (Fsp3) is 0.842. The molecule has 2 heterocycles. The highest BCUT2D eigenvalue weighted by Crippen LogP contribution is 2.05. The molecule has 0 spiro atoms. The summed E-state index contributed by atoms with van der Waals surface area (Å²) < 4.78 is 5.31. The molecule has 9 nitrogen and oxygen atoms in total. The van der Waals surface area contributed by atoms with Crippen LogP contribution in [-0.2, 0) is 14.3 Å². The number of carbonyl (C=O) groups is 2. The van der Waals surface area contributed by atoms with Crippen molar-refractivity contribution in [2.45, 2.75) is 13.8 Å². The summed E-state index contributed by atoms with van der Waals surface area (Å²) in [6.07, 6.45) is 0. The lowest BCUT2D eigenvalue weighted by Crippen LogP contribution is -2.55. The Balaban J connectivity index is 1.86. The van der Waals surface area contributed by atoms with Crippen molar-refractivity contribution in [2.75, 3.05) is 86.2 Å². The molecule has 28 heavy (non-hydrogen) atoms. The molecule has 160 valence electrons. The van der Waals surface area contributed by atoms with Gasteiger partial charge in [-0.2, -0.15) is 0 Å². The van der Waals surface area contributed by atoms with E-state index in [1.165, 1.54) is 0 Å². The van der Waals surface area contributed by atoms with E-state index in [0.29, 0.717) is 38.8 Å². The first-order valence-electron chi connectivity index (χ1n) is 10.2. The normalized spacial score (nSPS) is 19.1. The van der Waals surface area contributed by atoms with E-state index < -0.39 is 0 Å². The molecule has 2 saturated heterocycles. The molecule has 0 aromatic carbocycles. The Morgan fingerprint density at radius 2 is 1.68 bits per heavy atom. The number of ether oxygens (including phenoxy) is 1. The Labute approximate surface area is 168 Å². The molecule has 1 N–H and O–H groups in total. The quantitative estimate of drug-likeness (QED) is 0.466. The van der Waals surface area contributed by atoms with Gasteiger partial charge in [-0.3, -0.25) is 14.5 Å². The Morgan fingerprint density at radius 3 is 2.25 bits per heavy atom. The van der Waals surface area contributed by atoms with Gasteiger partial charge in [-0.1, -0.05) is 13.8 Å². The summed E-state index contributed by atoms with van der Waals surface area (Å²) in [5, 5.41) is 3.39. The van der Waals surface area contributed by atoms with Crippen molar-refractivity contribution in [3.63, 3.8) is 0 Å². The number of guanidine groups is 1. The van der Waals surface area contributed by atoms with Crippen molar-refractivity contribution in [3.8, 4) is 0 Å². The summed E-state index contributed by atoms with van der Waals surface area (Å²) >= 11 is 0. The van der Waals surface area contributed by atoms with E-state index in [9.17, 15) is 9.59 Å².